The van der Waals surface area contributed by atoms with Gasteiger partial charge in [0.25, 0.3) is 0 Å². The number of esters is 4. The maximum Gasteiger partial charge on any atom is 0.321 e. The van der Waals surface area contributed by atoms with Crippen molar-refractivity contribution in [1.82, 2.24) is 0 Å². The molecular formula is C33H56O6. The fraction of sp³-hybridized carbons (Fsp3) is 0.818. The van der Waals surface area contributed by atoms with Crippen LogP contribution in [0.2, 0.25) is 0 Å². The average molecular weight is 549 g/mol. The van der Waals surface area contributed by atoms with E-state index in [2.05, 4.69) is 30.2 Å². The highest BCUT2D eigenvalue weighted by Gasteiger charge is 2.32. The highest BCUT2D eigenvalue weighted by molar-refractivity contribution is 5.95. The van der Waals surface area contributed by atoms with Crippen molar-refractivity contribution in [2.45, 2.75) is 156 Å². The highest BCUT2D eigenvalue weighted by Crippen LogP contribution is 2.23. The number of hydrogen-bond donors (Lipinski definition) is 0. The summed E-state index contributed by atoms with van der Waals surface area (Å²) in [5.74, 6) is -1.50. The molecule has 0 bridgehead atoms. The van der Waals surface area contributed by atoms with Crippen LogP contribution in [0, 0.1) is 17.8 Å². The molecule has 2 aliphatic rings. The first-order chi connectivity index (χ1) is 18.9. The van der Waals surface area contributed by atoms with E-state index in [0.29, 0.717) is 12.3 Å². The van der Waals surface area contributed by atoms with Gasteiger partial charge in [0.2, 0.25) is 0 Å². The summed E-state index contributed by atoms with van der Waals surface area (Å²) in [6, 6.07) is 0. The molecule has 0 aromatic carbocycles. The zero-order valence-electron chi connectivity index (χ0n) is 25.2. The van der Waals surface area contributed by atoms with E-state index in [4.69, 9.17) is 0 Å². The van der Waals surface area contributed by atoms with Crippen molar-refractivity contribution >= 4 is 23.9 Å². The van der Waals surface area contributed by atoms with Crippen molar-refractivity contribution < 1.29 is 28.7 Å². The van der Waals surface area contributed by atoms with E-state index in [9.17, 15) is 19.2 Å². The first-order valence-electron chi connectivity index (χ1n) is 16.0. The molecule has 6 nitrogen and oxygen atoms in total. The summed E-state index contributed by atoms with van der Waals surface area (Å²) < 4.78 is 9.01. The minimum Gasteiger partial charge on any atom is -0.393 e. The maximum atomic E-state index is 11.3. The van der Waals surface area contributed by atoms with Gasteiger partial charge in [0.05, 0.1) is 24.7 Å². The van der Waals surface area contributed by atoms with Crippen LogP contribution in [0.3, 0.4) is 0 Å². The van der Waals surface area contributed by atoms with Gasteiger partial charge in [-0.05, 0) is 18.8 Å². The number of rotatable bonds is 21. The second-order valence-corrected chi connectivity index (χ2v) is 11.5. The largest absolute Gasteiger partial charge is 0.393 e. The standard InChI is InChI=1S/C22H40O3.C11H16O3/c1-2-3-4-5-6-7-8-9-10-11-12-13-14-15-16-17-18-20-19-21(23)25-22(20)24;1-3-4-8(2)5-6-9-7-10(12)14-11(9)13/h20H,2-19H2,1H3;5-6,8-9H,3-4,7H2,1-2H3. The monoisotopic (exact) mass is 548 g/mol. The molecular weight excluding hydrogens is 492 g/mol. The number of cyclic esters (lactones) is 4. The van der Waals surface area contributed by atoms with E-state index >= 15 is 0 Å². The van der Waals surface area contributed by atoms with Gasteiger partial charge < -0.3 is 9.47 Å². The summed E-state index contributed by atoms with van der Waals surface area (Å²) in [6.07, 6.45) is 29.0. The lowest BCUT2D eigenvalue weighted by molar-refractivity contribution is -0.154. The number of carbonyl (C=O) groups excluding carboxylic acids is 4. The van der Waals surface area contributed by atoms with E-state index < -0.39 is 11.9 Å². The molecule has 0 aliphatic carbocycles. The van der Waals surface area contributed by atoms with Crippen molar-refractivity contribution in [1.29, 1.82) is 0 Å². The Balaban J connectivity index is 0.000000457. The Morgan fingerprint density at radius 3 is 1.51 bits per heavy atom. The first-order valence-corrected chi connectivity index (χ1v) is 16.0. The van der Waals surface area contributed by atoms with Crippen LogP contribution in [-0.2, 0) is 28.7 Å². The molecule has 6 heteroatoms. The molecule has 3 atom stereocenters. The number of hydrogen-bond acceptors (Lipinski definition) is 6. The Bertz CT molecular complexity index is 728. The van der Waals surface area contributed by atoms with E-state index in [1.54, 1.807) is 6.08 Å². The Hall–Kier alpha value is -1.98. The molecule has 0 aromatic heterocycles. The van der Waals surface area contributed by atoms with E-state index in [-0.39, 0.29) is 30.2 Å². The summed E-state index contributed by atoms with van der Waals surface area (Å²) in [5.41, 5.74) is 0. The lowest BCUT2D eigenvalue weighted by atomic mass is 9.98. The van der Waals surface area contributed by atoms with Crippen LogP contribution >= 0.6 is 0 Å². The van der Waals surface area contributed by atoms with Crippen LogP contribution in [0.15, 0.2) is 12.2 Å². The SMILES string of the molecule is CCCC(C)C=CC1CC(=O)OC1=O.CCCCCCCCCCCCCCCCCCC1CC(=O)OC1=O. The third-order valence-corrected chi connectivity index (χ3v) is 7.69. The van der Waals surface area contributed by atoms with Crippen LogP contribution in [-0.4, -0.2) is 23.9 Å². The minimum absolute atomic E-state index is 0.154. The molecule has 2 saturated heterocycles. The summed E-state index contributed by atoms with van der Waals surface area (Å²) >= 11 is 0. The summed E-state index contributed by atoms with van der Waals surface area (Å²) in [4.78, 5) is 44.1. The Kier molecular flexibility index (Phi) is 20.5. The van der Waals surface area contributed by atoms with Gasteiger partial charge in [-0.15, -0.1) is 0 Å². The van der Waals surface area contributed by atoms with E-state index in [1.165, 1.54) is 96.3 Å². The average Bonchev–Trinajstić information content (AvgIpc) is 3.40. The van der Waals surface area contributed by atoms with Gasteiger partial charge in [0.15, 0.2) is 0 Å². The summed E-state index contributed by atoms with van der Waals surface area (Å²) in [6.45, 7) is 6.50. The molecule has 2 aliphatic heterocycles. The molecule has 0 aromatic rings. The molecule has 2 fully saturated rings. The zero-order chi connectivity index (χ0) is 28.7. The predicted octanol–water partition coefficient (Wildman–Crippen LogP) is 8.80. The summed E-state index contributed by atoms with van der Waals surface area (Å²) in [7, 11) is 0. The van der Waals surface area contributed by atoms with Gasteiger partial charge in [-0.2, -0.15) is 0 Å². The third kappa shape index (κ3) is 18.1. The van der Waals surface area contributed by atoms with Crippen molar-refractivity contribution in [3.05, 3.63) is 12.2 Å². The Morgan fingerprint density at radius 1 is 0.641 bits per heavy atom. The fourth-order valence-corrected chi connectivity index (χ4v) is 5.19. The lowest BCUT2D eigenvalue weighted by Crippen LogP contribution is -2.06. The van der Waals surface area contributed by atoms with Gasteiger partial charge in [-0.25, -0.2) is 0 Å². The Labute approximate surface area is 238 Å². The molecule has 0 amide bonds. The smallest absolute Gasteiger partial charge is 0.321 e. The van der Waals surface area contributed by atoms with Crippen LogP contribution < -0.4 is 0 Å². The number of unbranched alkanes of at least 4 members (excludes halogenated alkanes) is 15. The molecule has 0 radical (unpaired) electrons. The van der Waals surface area contributed by atoms with Gasteiger partial charge in [-0.3, -0.25) is 19.2 Å². The lowest BCUT2D eigenvalue weighted by Gasteiger charge is -2.05. The third-order valence-electron chi connectivity index (χ3n) is 7.69. The van der Waals surface area contributed by atoms with Crippen LogP contribution in [0.4, 0.5) is 0 Å². The van der Waals surface area contributed by atoms with Crippen molar-refractivity contribution in [2.24, 2.45) is 17.8 Å². The fourth-order valence-electron chi connectivity index (χ4n) is 5.19. The Morgan fingerprint density at radius 2 is 1.10 bits per heavy atom. The molecule has 224 valence electrons. The van der Waals surface area contributed by atoms with Gasteiger partial charge >= 0.3 is 23.9 Å². The molecule has 0 spiro atoms. The van der Waals surface area contributed by atoms with Crippen LogP contribution in [0.5, 0.6) is 0 Å². The maximum absolute atomic E-state index is 11.3. The molecule has 3 unspecified atom stereocenters. The van der Waals surface area contributed by atoms with Crippen LogP contribution in [0.25, 0.3) is 0 Å². The summed E-state index contributed by atoms with van der Waals surface area (Å²) in [5, 5.41) is 0. The van der Waals surface area contributed by atoms with Gasteiger partial charge in [0, 0.05) is 0 Å². The molecule has 2 rings (SSSR count). The van der Waals surface area contributed by atoms with Crippen molar-refractivity contribution in [3.63, 3.8) is 0 Å². The van der Waals surface area contributed by atoms with Gasteiger partial charge in [0.1, 0.15) is 0 Å². The quantitative estimate of drug-likeness (QED) is 0.0616. The molecule has 0 N–H and O–H groups in total. The highest BCUT2D eigenvalue weighted by atomic mass is 16.6. The molecule has 2 heterocycles. The normalized spacial score (nSPS) is 19.8. The van der Waals surface area contributed by atoms with Crippen molar-refractivity contribution in [3.8, 4) is 0 Å². The second kappa shape index (κ2) is 22.8. The van der Waals surface area contributed by atoms with E-state index in [0.717, 1.165) is 25.7 Å². The van der Waals surface area contributed by atoms with E-state index in [1.807, 2.05) is 6.08 Å². The minimum atomic E-state index is -0.409. The number of allylic oxidation sites excluding steroid dienone is 1. The molecule has 0 saturated carbocycles. The predicted molar refractivity (Wildman–Crippen MR) is 156 cm³/mol. The zero-order valence-corrected chi connectivity index (χ0v) is 25.2. The van der Waals surface area contributed by atoms with Crippen molar-refractivity contribution in [2.75, 3.05) is 0 Å². The first kappa shape index (κ1) is 35.0. The number of carbonyl (C=O) groups is 4. The number of ether oxygens (including phenoxy) is 2. The van der Waals surface area contributed by atoms with Crippen LogP contribution in [0.1, 0.15) is 156 Å². The van der Waals surface area contributed by atoms with Gasteiger partial charge in [-0.1, -0.05) is 142 Å². The molecule has 39 heavy (non-hydrogen) atoms. The topological polar surface area (TPSA) is 86.7 Å². The second-order valence-electron chi connectivity index (χ2n) is 11.5.